The molecule has 12 nitrogen and oxygen atoms in total. The summed E-state index contributed by atoms with van der Waals surface area (Å²) in [5.74, 6) is -0.113. The van der Waals surface area contributed by atoms with Crippen molar-refractivity contribution in [2.75, 3.05) is 6.61 Å². The summed E-state index contributed by atoms with van der Waals surface area (Å²) in [6, 6.07) is 13.9. The van der Waals surface area contributed by atoms with Crippen molar-refractivity contribution in [2.45, 2.75) is 19.9 Å². The van der Waals surface area contributed by atoms with Crippen LogP contribution in [-0.4, -0.2) is 27.0 Å². The van der Waals surface area contributed by atoms with E-state index in [1.54, 1.807) is 38.1 Å². The molecular weight excluding hydrogens is 540 g/mol. The van der Waals surface area contributed by atoms with Crippen LogP contribution >= 0.6 is 11.3 Å². The molecule has 0 saturated carbocycles. The van der Waals surface area contributed by atoms with Gasteiger partial charge in [-0.1, -0.05) is 23.5 Å². The monoisotopic (exact) mass is 560 g/mol. The van der Waals surface area contributed by atoms with Crippen LogP contribution in [0, 0.1) is 20.2 Å². The molecule has 202 valence electrons. The van der Waals surface area contributed by atoms with Crippen LogP contribution in [0.15, 0.2) is 86.1 Å². The van der Waals surface area contributed by atoms with Gasteiger partial charge < -0.3 is 9.15 Å². The number of nitro groups is 2. The molecule has 1 aliphatic rings. The van der Waals surface area contributed by atoms with Gasteiger partial charge in [-0.3, -0.25) is 29.6 Å². The normalized spacial score (nSPS) is 14.9. The molecule has 1 aliphatic heterocycles. The highest BCUT2D eigenvalue weighted by molar-refractivity contribution is 7.07. The van der Waals surface area contributed by atoms with Crippen LogP contribution in [0.2, 0.25) is 0 Å². The third kappa shape index (κ3) is 4.85. The SMILES string of the molecule is CCOC(=O)C1=C(C)N=c2s/c(=C\c3ccc([N+](=O)[O-])cc3)c(=O)n2[C@@H]1c1ccc(-c2cccc([N+](=O)[O-])c2)o1. The molecule has 2 aromatic heterocycles. The lowest BCUT2D eigenvalue weighted by Gasteiger charge is -2.22. The number of allylic oxidation sites excluding steroid dienone is 1. The van der Waals surface area contributed by atoms with E-state index < -0.39 is 27.4 Å². The number of carbonyl (C=O) groups is 1. The Labute approximate surface area is 229 Å². The minimum atomic E-state index is -1.01. The lowest BCUT2D eigenvalue weighted by molar-refractivity contribution is -0.385. The third-order valence-corrected chi connectivity index (χ3v) is 7.14. The first-order chi connectivity index (χ1) is 19.2. The Morgan fingerprint density at radius 2 is 1.82 bits per heavy atom. The molecule has 0 spiro atoms. The Morgan fingerprint density at radius 1 is 1.10 bits per heavy atom. The van der Waals surface area contributed by atoms with Gasteiger partial charge in [0.15, 0.2) is 4.80 Å². The van der Waals surface area contributed by atoms with Crippen molar-refractivity contribution >= 4 is 34.8 Å². The number of hydrogen-bond donors (Lipinski definition) is 0. The van der Waals surface area contributed by atoms with Gasteiger partial charge in [0.2, 0.25) is 0 Å². The summed E-state index contributed by atoms with van der Waals surface area (Å²) in [5, 5.41) is 22.2. The molecule has 40 heavy (non-hydrogen) atoms. The maximum absolute atomic E-state index is 13.7. The molecule has 5 rings (SSSR count). The van der Waals surface area contributed by atoms with Crippen LogP contribution in [0.25, 0.3) is 17.4 Å². The number of rotatable bonds is 7. The maximum Gasteiger partial charge on any atom is 0.338 e. The predicted molar refractivity (Wildman–Crippen MR) is 144 cm³/mol. The van der Waals surface area contributed by atoms with E-state index in [4.69, 9.17) is 9.15 Å². The van der Waals surface area contributed by atoms with Crippen molar-refractivity contribution in [1.29, 1.82) is 0 Å². The fourth-order valence-corrected chi connectivity index (χ4v) is 5.38. The van der Waals surface area contributed by atoms with E-state index >= 15 is 0 Å². The molecule has 2 aromatic carbocycles. The molecule has 0 aliphatic carbocycles. The summed E-state index contributed by atoms with van der Waals surface area (Å²) in [6.07, 6.45) is 1.59. The van der Waals surface area contributed by atoms with Gasteiger partial charge in [0.05, 0.1) is 32.3 Å². The van der Waals surface area contributed by atoms with Crippen LogP contribution in [0.5, 0.6) is 0 Å². The molecule has 0 saturated heterocycles. The summed E-state index contributed by atoms with van der Waals surface area (Å²) in [5.41, 5.74) is 0.845. The van der Waals surface area contributed by atoms with Crippen molar-refractivity contribution in [3.05, 3.63) is 123 Å². The van der Waals surface area contributed by atoms with Crippen LogP contribution in [0.4, 0.5) is 11.4 Å². The van der Waals surface area contributed by atoms with Gasteiger partial charge in [-0.05, 0) is 49.8 Å². The molecule has 0 unspecified atom stereocenters. The van der Waals surface area contributed by atoms with E-state index in [0.717, 1.165) is 11.3 Å². The van der Waals surface area contributed by atoms with Gasteiger partial charge in [-0.15, -0.1) is 0 Å². The lowest BCUT2D eigenvalue weighted by Crippen LogP contribution is -2.39. The highest BCUT2D eigenvalue weighted by atomic mass is 32.1. The number of benzene rings is 2. The van der Waals surface area contributed by atoms with E-state index in [2.05, 4.69) is 4.99 Å². The minimum Gasteiger partial charge on any atom is -0.463 e. The van der Waals surface area contributed by atoms with Gasteiger partial charge in [0.25, 0.3) is 16.9 Å². The number of thiazole rings is 1. The Kier molecular flexibility index (Phi) is 6.96. The quantitative estimate of drug-likeness (QED) is 0.187. The summed E-state index contributed by atoms with van der Waals surface area (Å²) < 4.78 is 13.0. The molecular formula is C27H20N4O8S. The van der Waals surface area contributed by atoms with Crippen molar-refractivity contribution < 1.29 is 23.8 Å². The van der Waals surface area contributed by atoms with Crippen molar-refractivity contribution in [3.8, 4) is 11.3 Å². The van der Waals surface area contributed by atoms with E-state index in [1.165, 1.54) is 47.0 Å². The minimum absolute atomic E-state index is 0.0781. The Balaban J connectivity index is 1.65. The first-order valence-corrected chi connectivity index (χ1v) is 12.8. The number of aromatic nitrogens is 1. The summed E-state index contributed by atoms with van der Waals surface area (Å²) in [7, 11) is 0. The number of esters is 1. The van der Waals surface area contributed by atoms with E-state index in [9.17, 15) is 29.8 Å². The Morgan fingerprint density at radius 3 is 2.50 bits per heavy atom. The zero-order chi connectivity index (χ0) is 28.6. The molecule has 3 heterocycles. The van der Waals surface area contributed by atoms with Gasteiger partial charge in [-0.2, -0.15) is 0 Å². The molecule has 4 aromatic rings. The fourth-order valence-electron chi connectivity index (χ4n) is 4.33. The number of hydrogen-bond acceptors (Lipinski definition) is 10. The third-order valence-electron chi connectivity index (χ3n) is 6.16. The number of ether oxygens (including phenoxy) is 1. The number of fused-ring (bicyclic) bond motifs is 1. The van der Waals surface area contributed by atoms with Crippen molar-refractivity contribution in [1.82, 2.24) is 4.57 Å². The molecule has 0 bridgehead atoms. The lowest BCUT2D eigenvalue weighted by atomic mass is 10.0. The number of nitro benzene ring substituents is 2. The second-order valence-electron chi connectivity index (χ2n) is 8.66. The molecule has 1 atom stereocenters. The average Bonchev–Trinajstić information content (AvgIpc) is 3.53. The molecule has 0 fully saturated rings. The largest absolute Gasteiger partial charge is 0.463 e. The van der Waals surface area contributed by atoms with E-state index in [0.29, 0.717) is 31.9 Å². The van der Waals surface area contributed by atoms with Crippen LogP contribution in [0.1, 0.15) is 31.2 Å². The summed E-state index contributed by atoms with van der Waals surface area (Å²) in [6.45, 7) is 3.40. The maximum atomic E-state index is 13.7. The summed E-state index contributed by atoms with van der Waals surface area (Å²) in [4.78, 5) is 52.8. The molecule has 0 radical (unpaired) electrons. The van der Waals surface area contributed by atoms with E-state index in [-0.39, 0.29) is 29.3 Å². The number of carbonyl (C=O) groups excluding carboxylic acids is 1. The van der Waals surface area contributed by atoms with Crippen molar-refractivity contribution in [3.63, 3.8) is 0 Å². The van der Waals surface area contributed by atoms with Gasteiger partial charge in [-0.25, -0.2) is 9.79 Å². The van der Waals surface area contributed by atoms with Crippen LogP contribution < -0.4 is 14.9 Å². The fraction of sp³-hybridized carbons (Fsp3) is 0.148. The zero-order valence-corrected chi connectivity index (χ0v) is 21.9. The topological polar surface area (TPSA) is 160 Å². The second-order valence-corrected chi connectivity index (χ2v) is 9.67. The number of furan rings is 1. The zero-order valence-electron chi connectivity index (χ0n) is 21.1. The number of nitrogens with zero attached hydrogens (tertiary/aromatic N) is 4. The standard InChI is InChI=1S/C27H20N4O8S/c1-3-38-26(33)23-15(2)28-27-29(25(32)22(40-27)13-16-7-9-18(10-8-16)30(34)35)24(23)21-12-11-20(39-21)17-5-4-6-19(14-17)31(36)37/h4-14,24H,3H2,1-2H3/b22-13-/t24-/m1/s1. The predicted octanol–water partition coefficient (Wildman–Crippen LogP) is 3.87. The molecule has 0 N–H and O–H groups in total. The molecule has 13 heteroatoms. The second kappa shape index (κ2) is 10.5. The van der Waals surface area contributed by atoms with E-state index in [1.807, 2.05) is 0 Å². The highest BCUT2D eigenvalue weighted by Gasteiger charge is 2.35. The first-order valence-electron chi connectivity index (χ1n) is 12.0. The van der Waals surface area contributed by atoms with Crippen molar-refractivity contribution in [2.24, 2.45) is 4.99 Å². The summed E-state index contributed by atoms with van der Waals surface area (Å²) >= 11 is 1.10. The highest BCUT2D eigenvalue weighted by Crippen LogP contribution is 2.34. The van der Waals surface area contributed by atoms with Gasteiger partial charge in [0.1, 0.15) is 17.6 Å². The number of non-ortho nitro benzene ring substituents is 2. The van der Waals surface area contributed by atoms with Crippen LogP contribution in [0.3, 0.4) is 0 Å². The van der Waals surface area contributed by atoms with Gasteiger partial charge >= 0.3 is 5.97 Å². The smallest absolute Gasteiger partial charge is 0.338 e. The molecule has 0 amide bonds. The van der Waals surface area contributed by atoms with Crippen LogP contribution in [-0.2, 0) is 9.53 Å². The Bertz CT molecular complexity index is 1880. The Hall–Kier alpha value is -5.17. The average molecular weight is 561 g/mol. The van der Waals surface area contributed by atoms with Gasteiger partial charge in [0, 0.05) is 29.8 Å². The first kappa shape index (κ1) is 26.4.